The number of ether oxygens (including phenoxy) is 2. The number of hydrogen-bond donors (Lipinski definition) is 2. The number of furan rings is 1. The third kappa shape index (κ3) is 5.53. The van der Waals surface area contributed by atoms with Gasteiger partial charge in [0.2, 0.25) is 6.79 Å². The second-order valence-electron chi connectivity index (χ2n) is 5.26. The summed E-state index contributed by atoms with van der Waals surface area (Å²) in [5, 5.41) is 6.55. The van der Waals surface area contributed by atoms with Crippen LogP contribution in [0.3, 0.4) is 0 Å². The van der Waals surface area contributed by atoms with Gasteiger partial charge in [-0.2, -0.15) is 0 Å². The van der Waals surface area contributed by atoms with Crippen molar-refractivity contribution >= 4 is 45.9 Å². The van der Waals surface area contributed by atoms with Gasteiger partial charge in [-0.25, -0.2) is 4.99 Å². The average Bonchev–Trinajstić information content (AvgIpc) is 3.24. The van der Waals surface area contributed by atoms with Crippen molar-refractivity contribution in [2.24, 2.45) is 4.99 Å². The van der Waals surface area contributed by atoms with Crippen molar-refractivity contribution in [3.05, 3.63) is 46.3 Å². The van der Waals surface area contributed by atoms with Gasteiger partial charge in [-0.1, -0.05) is 0 Å². The zero-order valence-electron chi connectivity index (χ0n) is 13.9. The van der Waals surface area contributed by atoms with Gasteiger partial charge in [-0.05, 0) is 52.7 Å². The first-order chi connectivity index (χ1) is 11.8. The van der Waals surface area contributed by atoms with Gasteiger partial charge in [0.15, 0.2) is 17.5 Å². The molecule has 0 saturated carbocycles. The van der Waals surface area contributed by atoms with Crippen LogP contribution in [0.15, 0.2) is 44.4 Å². The number of nitrogens with one attached hydrogen (secondary N) is 2. The Morgan fingerprint density at radius 3 is 2.92 bits per heavy atom. The molecule has 1 aliphatic heterocycles. The van der Waals surface area contributed by atoms with Crippen molar-refractivity contribution in [3.8, 4) is 11.5 Å². The summed E-state index contributed by atoms with van der Waals surface area (Å²) in [4.78, 5) is 4.62. The van der Waals surface area contributed by atoms with Crippen molar-refractivity contribution < 1.29 is 13.9 Å². The lowest BCUT2D eigenvalue weighted by Gasteiger charge is -2.11. The Morgan fingerprint density at radius 1 is 1.28 bits per heavy atom. The Labute approximate surface area is 172 Å². The first-order valence-electron chi connectivity index (χ1n) is 7.89. The van der Waals surface area contributed by atoms with E-state index in [9.17, 15) is 0 Å². The number of guanidine groups is 1. The van der Waals surface area contributed by atoms with E-state index < -0.39 is 0 Å². The van der Waals surface area contributed by atoms with Crippen LogP contribution in [0.25, 0.3) is 0 Å². The van der Waals surface area contributed by atoms with Gasteiger partial charge in [0.05, 0.1) is 17.3 Å². The molecule has 25 heavy (non-hydrogen) atoms. The van der Waals surface area contributed by atoms with Crippen LogP contribution in [0.5, 0.6) is 11.5 Å². The normalized spacial score (nSPS) is 12.6. The van der Waals surface area contributed by atoms with Crippen LogP contribution in [-0.4, -0.2) is 25.8 Å². The van der Waals surface area contributed by atoms with E-state index in [0.717, 1.165) is 52.8 Å². The standard InChI is InChI=1S/C17H20BrN3O3.HI/c1-2-19-17(20-6-5-13-4-3-7-22-13)21-10-12-8-14(18)16-15(9-12)23-11-24-16;/h3-4,7-9H,2,5-6,10-11H2,1H3,(H2,19,20,21);1H. The molecule has 1 aromatic carbocycles. The molecule has 0 unspecified atom stereocenters. The maximum Gasteiger partial charge on any atom is 0.231 e. The first kappa shape index (κ1) is 19.9. The highest BCUT2D eigenvalue weighted by Crippen LogP contribution is 2.40. The average molecular weight is 522 g/mol. The van der Waals surface area contributed by atoms with E-state index >= 15 is 0 Å². The molecule has 1 aromatic heterocycles. The Morgan fingerprint density at radius 2 is 2.16 bits per heavy atom. The lowest BCUT2D eigenvalue weighted by molar-refractivity contribution is 0.173. The molecule has 0 radical (unpaired) electrons. The maximum atomic E-state index is 5.44. The summed E-state index contributed by atoms with van der Waals surface area (Å²) in [6.45, 7) is 4.41. The van der Waals surface area contributed by atoms with E-state index in [1.807, 2.05) is 31.2 Å². The van der Waals surface area contributed by atoms with E-state index in [-0.39, 0.29) is 30.8 Å². The second kappa shape index (κ2) is 9.91. The summed E-state index contributed by atoms with van der Waals surface area (Å²) in [5.74, 6) is 3.24. The highest BCUT2D eigenvalue weighted by atomic mass is 127. The lowest BCUT2D eigenvalue weighted by Crippen LogP contribution is -2.38. The van der Waals surface area contributed by atoms with Crippen molar-refractivity contribution in [2.45, 2.75) is 19.9 Å². The Bertz CT molecular complexity index is 707. The van der Waals surface area contributed by atoms with Crippen LogP contribution in [0.1, 0.15) is 18.2 Å². The minimum Gasteiger partial charge on any atom is -0.469 e. The van der Waals surface area contributed by atoms with Crippen molar-refractivity contribution in [3.63, 3.8) is 0 Å². The molecule has 2 N–H and O–H groups in total. The van der Waals surface area contributed by atoms with Crippen molar-refractivity contribution in [1.82, 2.24) is 10.6 Å². The third-order valence-corrected chi connectivity index (χ3v) is 4.08. The largest absolute Gasteiger partial charge is 0.469 e. The molecule has 2 aromatic rings. The highest BCUT2D eigenvalue weighted by molar-refractivity contribution is 14.0. The molecule has 136 valence electrons. The number of nitrogens with zero attached hydrogens (tertiary/aromatic N) is 1. The smallest absolute Gasteiger partial charge is 0.231 e. The molecule has 1 aliphatic rings. The monoisotopic (exact) mass is 521 g/mol. The number of aliphatic imine (C=N–C) groups is 1. The lowest BCUT2D eigenvalue weighted by atomic mass is 10.2. The van der Waals surface area contributed by atoms with Gasteiger partial charge in [0.25, 0.3) is 0 Å². The van der Waals surface area contributed by atoms with Crippen LogP contribution >= 0.6 is 39.9 Å². The van der Waals surface area contributed by atoms with Crippen molar-refractivity contribution in [2.75, 3.05) is 19.9 Å². The molecular formula is C17H21BrIN3O3. The number of rotatable bonds is 6. The molecule has 0 amide bonds. The van der Waals surface area contributed by atoms with Crippen molar-refractivity contribution in [1.29, 1.82) is 0 Å². The SMILES string of the molecule is CCNC(=NCc1cc(Br)c2c(c1)OCO2)NCCc1ccco1.I. The zero-order chi connectivity index (χ0) is 16.8. The summed E-state index contributed by atoms with van der Waals surface area (Å²) in [6.07, 6.45) is 2.50. The fourth-order valence-electron chi connectivity index (χ4n) is 2.38. The number of halogens is 2. The molecule has 0 aliphatic carbocycles. The van der Waals surface area contributed by atoms with Gasteiger partial charge in [-0.15, -0.1) is 24.0 Å². The maximum absolute atomic E-state index is 5.44. The Balaban J connectivity index is 0.00000225. The van der Waals surface area contributed by atoms with Crippen LogP contribution < -0.4 is 20.1 Å². The Hall–Kier alpha value is -1.42. The third-order valence-electron chi connectivity index (χ3n) is 3.49. The quantitative estimate of drug-likeness (QED) is 0.345. The second-order valence-corrected chi connectivity index (χ2v) is 6.12. The van der Waals surface area contributed by atoms with E-state index in [2.05, 4.69) is 31.6 Å². The molecule has 0 spiro atoms. The van der Waals surface area contributed by atoms with Crippen LogP contribution in [-0.2, 0) is 13.0 Å². The summed E-state index contributed by atoms with van der Waals surface area (Å²) in [5.41, 5.74) is 1.05. The van der Waals surface area contributed by atoms with Crippen LogP contribution in [0, 0.1) is 0 Å². The molecule has 0 saturated heterocycles. The zero-order valence-corrected chi connectivity index (χ0v) is 17.8. The summed E-state index contributed by atoms with van der Waals surface area (Å²) < 4.78 is 17.1. The number of benzene rings is 1. The minimum absolute atomic E-state index is 0. The van der Waals surface area contributed by atoms with Gasteiger partial charge < -0.3 is 24.5 Å². The predicted octanol–water partition coefficient (Wildman–Crippen LogP) is 3.69. The van der Waals surface area contributed by atoms with E-state index in [4.69, 9.17) is 13.9 Å². The summed E-state index contributed by atoms with van der Waals surface area (Å²) in [6, 6.07) is 7.83. The van der Waals surface area contributed by atoms with E-state index in [1.165, 1.54) is 0 Å². The summed E-state index contributed by atoms with van der Waals surface area (Å²) in [7, 11) is 0. The Kier molecular flexibility index (Phi) is 7.89. The molecule has 2 heterocycles. The fraction of sp³-hybridized carbons (Fsp3) is 0.353. The van der Waals surface area contributed by atoms with Gasteiger partial charge in [0.1, 0.15) is 5.76 Å². The molecule has 6 nitrogen and oxygen atoms in total. The molecule has 0 bridgehead atoms. The van der Waals surface area contributed by atoms with Crippen LogP contribution in [0.4, 0.5) is 0 Å². The number of hydrogen-bond acceptors (Lipinski definition) is 4. The number of fused-ring (bicyclic) bond motifs is 1. The minimum atomic E-state index is 0. The predicted molar refractivity (Wildman–Crippen MR) is 111 cm³/mol. The van der Waals surface area contributed by atoms with Gasteiger partial charge in [-0.3, -0.25) is 0 Å². The molecular weight excluding hydrogens is 501 g/mol. The molecule has 8 heteroatoms. The first-order valence-corrected chi connectivity index (χ1v) is 8.68. The molecule has 0 fully saturated rings. The topological polar surface area (TPSA) is 68.0 Å². The highest BCUT2D eigenvalue weighted by Gasteiger charge is 2.17. The van der Waals surface area contributed by atoms with E-state index in [0.29, 0.717) is 6.54 Å². The van der Waals surface area contributed by atoms with E-state index in [1.54, 1.807) is 6.26 Å². The molecule has 0 atom stereocenters. The van der Waals surface area contributed by atoms with Crippen LogP contribution in [0.2, 0.25) is 0 Å². The summed E-state index contributed by atoms with van der Waals surface area (Å²) >= 11 is 3.50. The van der Waals surface area contributed by atoms with Gasteiger partial charge >= 0.3 is 0 Å². The molecule has 3 rings (SSSR count). The fourth-order valence-corrected chi connectivity index (χ4v) is 2.99. The van der Waals surface area contributed by atoms with Gasteiger partial charge in [0, 0.05) is 19.5 Å².